The van der Waals surface area contributed by atoms with Crippen molar-refractivity contribution >= 4 is 12.0 Å². The maximum absolute atomic E-state index is 10.7. The normalized spacial score (nSPS) is 14.1. The summed E-state index contributed by atoms with van der Waals surface area (Å²) in [6.07, 6.45) is -2.14. The van der Waals surface area contributed by atoms with Gasteiger partial charge >= 0.3 is 0 Å². The minimum Gasteiger partial charge on any atom is -0.389 e. The molecule has 4 N–H and O–H groups in total. The summed E-state index contributed by atoms with van der Waals surface area (Å²) in [7, 11) is 0. The number of nitrogens with two attached hydrogens (primary N) is 1. The van der Waals surface area contributed by atoms with Crippen LogP contribution in [-0.2, 0) is 0 Å². The van der Waals surface area contributed by atoms with Crippen LogP contribution < -0.4 is 5.73 Å². The number of aldehydes is 1. The first-order valence-electron chi connectivity index (χ1n) is 4.81. The number of benzene rings is 1. The molecule has 92 valence electrons. The van der Waals surface area contributed by atoms with Crippen LogP contribution in [0.2, 0.25) is 0 Å². The number of rotatable bonds is 5. The molecule has 2 atom stereocenters. The lowest BCUT2D eigenvalue weighted by atomic mass is 10.0. The first-order valence-corrected chi connectivity index (χ1v) is 4.81. The fourth-order valence-corrected chi connectivity index (χ4v) is 1.37. The quantitative estimate of drug-likeness (QED) is 0.370. The fraction of sp³-hybridized carbons (Fsp3) is 0.300. The Morgan fingerprint density at radius 1 is 1.47 bits per heavy atom. The van der Waals surface area contributed by atoms with Gasteiger partial charge in [0.05, 0.1) is 16.6 Å². The molecule has 0 aromatic heterocycles. The zero-order valence-electron chi connectivity index (χ0n) is 8.81. The van der Waals surface area contributed by atoms with Crippen LogP contribution in [0, 0.1) is 10.1 Å². The monoisotopic (exact) mass is 240 g/mol. The minimum atomic E-state index is -1.28. The van der Waals surface area contributed by atoms with Crippen molar-refractivity contribution in [2.75, 3.05) is 6.54 Å². The number of hydrogen-bond acceptors (Lipinski definition) is 6. The second kappa shape index (κ2) is 5.48. The Kier molecular flexibility index (Phi) is 4.27. The van der Waals surface area contributed by atoms with Crippen LogP contribution >= 0.6 is 0 Å². The molecule has 0 spiro atoms. The second-order valence-electron chi connectivity index (χ2n) is 3.44. The molecule has 1 aromatic rings. The topological polar surface area (TPSA) is 127 Å². The van der Waals surface area contributed by atoms with Crippen molar-refractivity contribution in [3.63, 3.8) is 0 Å². The van der Waals surface area contributed by atoms with Crippen LogP contribution in [-0.4, -0.2) is 34.1 Å². The SMILES string of the molecule is NCC(O)C(O)c1ccc([N+](=O)[O-])c(C=O)c1. The van der Waals surface area contributed by atoms with Crippen molar-refractivity contribution in [2.45, 2.75) is 12.2 Å². The summed E-state index contributed by atoms with van der Waals surface area (Å²) in [6, 6.07) is 3.54. The van der Waals surface area contributed by atoms with Gasteiger partial charge in [-0.3, -0.25) is 14.9 Å². The smallest absolute Gasteiger partial charge is 0.279 e. The van der Waals surface area contributed by atoms with Gasteiger partial charge in [0, 0.05) is 12.6 Å². The number of aliphatic hydroxyl groups is 2. The van der Waals surface area contributed by atoms with E-state index < -0.39 is 17.1 Å². The number of carbonyl (C=O) groups excluding carboxylic acids is 1. The molecule has 0 heterocycles. The van der Waals surface area contributed by atoms with E-state index in [0.29, 0.717) is 6.29 Å². The van der Waals surface area contributed by atoms with E-state index in [1.54, 1.807) is 0 Å². The Morgan fingerprint density at radius 3 is 2.59 bits per heavy atom. The molecule has 0 saturated carbocycles. The average molecular weight is 240 g/mol. The Morgan fingerprint density at radius 2 is 2.12 bits per heavy atom. The van der Waals surface area contributed by atoms with Gasteiger partial charge in [0.2, 0.25) is 0 Å². The molecule has 0 fully saturated rings. The van der Waals surface area contributed by atoms with Crippen LogP contribution in [0.1, 0.15) is 22.0 Å². The molecule has 0 radical (unpaired) electrons. The molecule has 0 bridgehead atoms. The lowest BCUT2D eigenvalue weighted by molar-refractivity contribution is -0.385. The third-order valence-corrected chi connectivity index (χ3v) is 2.32. The van der Waals surface area contributed by atoms with E-state index in [0.717, 1.165) is 12.1 Å². The molecule has 2 unspecified atom stereocenters. The molecule has 7 heteroatoms. The van der Waals surface area contributed by atoms with Crippen molar-refractivity contribution in [1.29, 1.82) is 0 Å². The Hall–Kier alpha value is -1.83. The van der Waals surface area contributed by atoms with E-state index in [-0.39, 0.29) is 23.4 Å². The van der Waals surface area contributed by atoms with Gasteiger partial charge in [-0.2, -0.15) is 0 Å². The number of nitrogens with zero attached hydrogens (tertiary/aromatic N) is 1. The zero-order chi connectivity index (χ0) is 13.0. The number of carbonyl (C=O) groups is 1. The Bertz CT molecular complexity index is 435. The van der Waals surface area contributed by atoms with Gasteiger partial charge in [-0.25, -0.2) is 0 Å². The summed E-state index contributed by atoms with van der Waals surface area (Å²) in [5.74, 6) is 0. The van der Waals surface area contributed by atoms with E-state index >= 15 is 0 Å². The minimum absolute atomic E-state index is 0.157. The highest BCUT2D eigenvalue weighted by molar-refractivity contribution is 5.81. The first kappa shape index (κ1) is 13.2. The number of nitro groups is 1. The molecule has 0 saturated heterocycles. The third-order valence-electron chi connectivity index (χ3n) is 2.32. The van der Waals surface area contributed by atoms with Crippen molar-refractivity contribution in [3.05, 3.63) is 39.4 Å². The van der Waals surface area contributed by atoms with E-state index in [1.807, 2.05) is 0 Å². The highest BCUT2D eigenvalue weighted by Crippen LogP contribution is 2.23. The number of hydrogen-bond donors (Lipinski definition) is 3. The van der Waals surface area contributed by atoms with E-state index in [1.165, 1.54) is 6.07 Å². The Balaban J connectivity index is 3.13. The van der Waals surface area contributed by atoms with Gasteiger partial charge in [0.1, 0.15) is 6.10 Å². The van der Waals surface area contributed by atoms with Crippen LogP contribution in [0.15, 0.2) is 18.2 Å². The molecule has 0 amide bonds. The largest absolute Gasteiger partial charge is 0.389 e. The fourth-order valence-electron chi connectivity index (χ4n) is 1.37. The molecule has 1 aromatic carbocycles. The van der Waals surface area contributed by atoms with Gasteiger partial charge < -0.3 is 15.9 Å². The zero-order valence-corrected chi connectivity index (χ0v) is 8.81. The van der Waals surface area contributed by atoms with Gasteiger partial charge in [-0.05, 0) is 17.7 Å². The lowest BCUT2D eigenvalue weighted by Gasteiger charge is -2.16. The van der Waals surface area contributed by atoms with Gasteiger partial charge in [0.15, 0.2) is 6.29 Å². The van der Waals surface area contributed by atoms with Gasteiger partial charge in [-0.1, -0.05) is 0 Å². The standard InChI is InChI=1S/C10H12N2O5/c11-4-9(14)10(15)6-1-2-8(12(16)17)7(3-6)5-13/h1-3,5,9-10,14-15H,4,11H2. The first-order chi connectivity index (χ1) is 8.01. The molecule has 7 nitrogen and oxygen atoms in total. The molecule has 0 aliphatic heterocycles. The molecular weight excluding hydrogens is 228 g/mol. The molecule has 1 rings (SSSR count). The molecule has 0 aliphatic carbocycles. The van der Waals surface area contributed by atoms with E-state index in [2.05, 4.69) is 0 Å². The van der Waals surface area contributed by atoms with Gasteiger partial charge in [-0.15, -0.1) is 0 Å². The van der Waals surface area contributed by atoms with Crippen molar-refractivity contribution in [3.8, 4) is 0 Å². The molecular formula is C10H12N2O5. The number of nitro benzene ring substituents is 1. The van der Waals surface area contributed by atoms with Gasteiger partial charge in [0.25, 0.3) is 5.69 Å². The summed E-state index contributed by atoms with van der Waals surface area (Å²) in [5.41, 5.74) is 4.87. The highest BCUT2D eigenvalue weighted by Gasteiger charge is 2.20. The second-order valence-corrected chi connectivity index (χ2v) is 3.44. The van der Waals surface area contributed by atoms with Crippen LogP contribution in [0.25, 0.3) is 0 Å². The highest BCUT2D eigenvalue weighted by atomic mass is 16.6. The van der Waals surface area contributed by atoms with Crippen LogP contribution in [0.3, 0.4) is 0 Å². The molecule has 17 heavy (non-hydrogen) atoms. The van der Waals surface area contributed by atoms with E-state index in [9.17, 15) is 25.1 Å². The summed E-state index contributed by atoms with van der Waals surface area (Å²) in [4.78, 5) is 20.5. The Labute approximate surface area is 96.6 Å². The van der Waals surface area contributed by atoms with Crippen molar-refractivity contribution in [2.24, 2.45) is 5.73 Å². The van der Waals surface area contributed by atoms with Crippen LogP contribution in [0.5, 0.6) is 0 Å². The van der Waals surface area contributed by atoms with Crippen molar-refractivity contribution in [1.82, 2.24) is 0 Å². The predicted octanol–water partition coefficient (Wildman–Crippen LogP) is -0.240. The summed E-state index contributed by atoms with van der Waals surface area (Å²) in [6.45, 7) is -0.158. The molecule has 0 aliphatic rings. The number of aliphatic hydroxyl groups excluding tert-OH is 2. The van der Waals surface area contributed by atoms with Crippen LogP contribution in [0.4, 0.5) is 5.69 Å². The maximum atomic E-state index is 10.7. The van der Waals surface area contributed by atoms with E-state index in [4.69, 9.17) is 5.73 Å². The average Bonchev–Trinajstić information content (AvgIpc) is 2.35. The summed E-state index contributed by atoms with van der Waals surface area (Å²) >= 11 is 0. The third kappa shape index (κ3) is 2.84. The van der Waals surface area contributed by atoms with Crippen molar-refractivity contribution < 1.29 is 19.9 Å². The summed E-state index contributed by atoms with van der Waals surface area (Å²) in [5, 5.41) is 29.5. The lowest BCUT2D eigenvalue weighted by Crippen LogP contribution is -2.27. The summed E-state index contributed by atoms with van der Waals surface area (Å²) < 4.78 is 0. The maximum Gasteiger partial charge on any atom is 0.279 e. The predicted molar refractivity (Wildman–Crippen MR) is 58.5 cm³/mol.